The molecule has 0 heterocycles. The third-order valence-corrected chi connectivity index (χ3v) is 3.89. The van der Waals surface area contributed by atoms with Crippen LogP contribution < -0.4 is 10.1 Å². The summed E-state index contributed by atoms with van der Waals surface area (Å²) in [6.07, 6.45) is 0. The van der Waals surface area contributed by atoms with Crippen molar-refractivity contribution in [3.63, 3.8) is 0 Å². The van der Waals surface area contributed by atoms with Crippen LogP contribution >= 0.6 is 0 Å². The summed E-state index contributed by atoms with van der Waals surface area (Å²) in [5, 5.41) is 3.66. The van der Waals surface area contributed by atoms with Crippen LogP contribution in [0, 0.1) is 13.8 Å². The molecule has 2 atom stereocenters. The van der Waals surface area contributed by atoms with E-state index < -0.39 is 0 Å². The highest BCUT2D eigenvalue weighted by Crippen LogP contribution is 2.28. The molecule has 0 aliphatic carbocycles. The molecule has 0 fully saturated rings. The van der Waals surface area contributed by atoms with Crippen LogP contribution in [0.5, 0.6) is 5.75 Å². The van der Waals surface area contributed by atoms with Crippen molar-refractivity contribution in [1.82, 2.24) is 5.32 Å². The lowest BCUT2D eigenvalue weighted by Gasteiger charge is -2.23. The van der Waals surface area contributed by atoms with E-state index in [-0.39, 0.29) is 6.04 Å². The van der Waals surface area contributed by atoms with Gasteiger partial charge in [0.05, 0.1) is 7.11 Å². The minimum Gasteiger partial charge on any atom is -0.496 e. The summed E-state index contributed by atoms with van der Waals surface area (Å²) in [4.78, 5) is 0. The predicted octanol–water partition coefficient (Wildman–Crippen LogP) is 4.72. The van der Waals surface area contributed by atoms with Gasteiger partial charge in [-0.05, 0) is 39.3 Å². The highest BCUT2D eigenvalue weighted by atomic mass is 16.5. The molecule has 0 spiro atoms. The Morgan fingerprint density at radius 3 is 2.29 bits per heavy atom. The van der Waals surface area contributed by atoms with Crippen LogP contribution in [0.25, 0.3) is 0 Å². The van der Waals surface area contributed by atoms with Crippen LogP contribution in [-0.2, 0) is 0 Å². The summed E-state index contributed by atoms with van der Waals surface area (Å²) in [6.45, 7) is 8.63. The fraction of sp³-hybridized carbons (Fsp3) is 0.368. The molecule has 2 aromatic carbocycles. The normalized spacial score (nSPS) is 13.8. The standard InChI is InChI=1S/C19H25NO/c1-13-7-6-8-17(11-13)15(3)20-16(4)18-12-14(2)9-10-19(18)21-5/h6-12,15-16,20H,1-5H3/t15-,16?/m0/s1. The van der Waals surface area contributed by atoms with Gasteiger partial charge in [-0.1, -0.05) is 47.5 Å². The van der Waals surface area contributed by atoms with E-state index in [9.17, 15) is 0 Å². The van der Waals surface area contributed by atoms with Gasteiger partial charge < -0.3 is 10.1 Å². The Bertz CT molecular complexity index is 606. The van der Waals surface area contributed by atoms with E-state index in [1.54, 1.807) is 7.11 Å². The van der Waals surface area contributed by atoms with Crippen LogP contribution in [0.4, 0.5) is 0 Å². The van der Waals surface area contributed by atoms with Crippen molar-refractivity contribution >= 4 is 0 Å². The summed E-state index contributed by atoms with van der Waals surface area (Å²) in [7, 11) is 1.73. The summed E-state index contributed by atoms with van der Waals surface area (Å²) in [5.74, 6) is 0.942. The quantitative estimate of drug-likeness (QED) is 0.857. The highest BCUT2D eigenvalue weighted by molar-refractivity contribution is 5.39. The molecule has 0 aliphatic heterocycles. The molecule has 2 aromatic rings. The van der Waals surface area contributed by atoms with E-state index in [0.29, 0.717) is 6.04 Å². The highest BCUT2D eigenvalue weighted by Gasteiger charge is 2.15. The Balaban J connectivity index is 2.17. The van der Waals surface area contributed by atoms with E-state index in [1.807, 2.05) is 6.07 Å². The smallest absolute Gasteiger partial charge is 0.123 e. The van der Waals surface area contributed by atoms with Gasteiger partial charge in [0.25, 0.3) is 0 Å². The molecule has 1 unspecified atom stereocenters. The van der Waals surface area contributed by atoms with E-state index in [1.165, 1.54) is 22.3 Å². The Morgan fingerprint density at radius 2 is 1.62 bits per heavy atom. The number of nitrogens with one attached hydrogen (secondary N) is 1. The SMILES string of the molecule is COc1ccc(C)cc1C(C)N[C@@H](C)c1cccc(C)c1. The average Bonchev–Trinajstić information content (AvgIpc) is 2.47. The van der Waals surface area contributed by atoms with Gasteiger partial charge in [-0.15, -0.1) is 0 Å². The van der Waals surface area contributed by atoms with Crippen LogP contribution in [-0.4, -0.2) is 7.11 Å². The first kappa shape index (κ1) is 15.6. The second-order valence-electron chi connectivity index (χ2n) is 5.77. The minimum atomic E-state index is 0.232. The lowest BCUT2D eigenvalue weighted by Crippen LogP contribution is -2.23. The van der Waals surface area contributed by atoms with Crippen LogP contribution in [0.1, 0.15) is 48.2 Å². The molecule has 2 rings (SSSR count). The Labute approximate surface area is 128 Å². The van der Waals surface area contributed by atoms with Crippen molar-refractivity contribution in [2.75, 3.05) is 7.11 Å². The summed E-state index contributed by atoms with van der Waals surface area (Å²) >= 11 is 0. The van der Waals surface area contributed by atoms with Crippen molar-refractivity contribution in [3.8, 4) is 5.75 Å². The summed E-state index contributed by atoms with van der Waals surface area (Å²) in [5.41, 5.74) is 5.06. The van der Waals surface area contributed by atoms with Gasteiger partial charge in [0.2, 0.25) is 0 Å². The van der Waals surface area contributed by atoms with Crippen molar-refractivity contribution in [2.24, 2.45) is 0 Å². The molecule has 0 amide bonds. The summed E-state index contributed by atoms with van der Waals surface area (Å²) in [6, 6.07) is 15.5. The fourth-order valence-electron chi connectivity index (χ4n) is 2.69. The Kier molecular flexibility index (Phi) is 5.03. The molecular formula is C19H25NO. The molecule has 0 bridgehead atoms. The second kappa shape index (κ2) is 6.77. The van der Waals surface area contributed by atoms with Crippen molar-refractivity contribution in [1.29, 1.82) is 0 Å². The number of methoxy groups -OCH3 is 1. The lowest BCUT2D eigenvalue weighted by molar-refractivity contribution is 0.396. The molecule has 112 valence electrons. The average molecular weight is 283 g/mol. The van der Waals surface area contributed by atoms with Gasteiger partial charge >= 0.3 is 0 Å². The zero-order valence-electron chi connectivity index (χ0n) is 13.6. The zero-order valence-corrected chi connectivity index (χ0v) is 13.6. The van der Waals surface area contributed by atoms with Gasteiger partial charge in [-0.3, -0.25) is 0 Å². The zero-order chi connectivity index (χ0) is 15.4. The minimum absolute atomic E-state index is 0.232. The third-order valence-electron chi connectivity index (χ3n) is 3.89. The second-order valence-corrected chi connectivity index (χ2v) is 5.77. The van der Waals surface area contributed by atoms with Crippen molar-refractivity contribution in [3.05, 3.63) is 64.7 Å². The number of hydrogen-bond acceptors (Lipinski definition) is 2. The molecule has 0 radical (unpaired) electrons. The third kappa shape index (κ3) is 3.85. The Morgan fingerprint density at radius 1 is 0.905 bits per heavy atom. The first-order valence-corrected chi connectivity index (χ1v) is 7.48. The maximum absolute atomic E-state index is 5.49. The molecule has 2 heteroatoms. The maximum atomic E-state index is 5.49. The first-order valence-electron chi connectivity index (χ1n) is 7.48. The predicted molar refractivity (Wildman–Crippen MR) is 88.9 cm³/mol. The van der Waals surface area contributed by atoms with Crippen LogP contribution in [0.15, 0.2) is 42.5 Å². The van der Waals surface area contributed by atoms with Gasteiger partial charge in [-0.2, -0.15) is 0 Å². The number of ether oxygens (including phenoxy) is 1. The molecular weight excluding hydrogens is 258 g/mol. The number of benzene rings is 2. The molecule has 0 aromatic heterocycles. The topological polar surface area (TPSA) is 21.3 Å². The van der Waals surface area contributed by atoms with Crippen molar-refractivity contribution in [2.45, 2.75) is 39.8 Å². The molecule has 0 aliphatic rings. The monoisotopic (exact) mass is 283 g/mol. The molecule has 0 saturated carbocycles. The van der Waals surface area contributed by atoms with E-state index in [0.717, 1.165) is 5.75 Å². The molecule has 21 heavy (non-hydrogen) atoms. The van der Waals surface area contributed by atoms with Crippen molar-refractivity contribution < 1.29 is 4.74 Å². The largest absolute Gasteiger partial charge is 0.496 e. The van der Waals surface area contributed by atoms with Crippen LogP contribution in [0.3, 0.4) is 0 Å². The number of rotatable bonds is 5. The lowest BCUT2D eigenvalue weighted by atomic mass is 10.0. The summed E-state index contributed by atoms with van der Waals surface area (Å²) < 4.78 is 5.49. The number of aryl methyl sites for hydroxylation is 2. The van der Waals surface area contributed by atoms with E-state index in [4.69, 9.17) is 4.74 Å². The molecule has 2 nitrogen and oxygen atoms in total. The first-order chi connectivity index (χ1) is 10.0. The Hall–Kier alpha value is -1.80. The fourth-order valence-corrected chi connectivity index (χ4v) is 2.69. The van der Waals surface area contributed by atoms with Gasteiger partial charge in [0, 0.05) is 17.6 Å². The maximum Gasteiger partial charge on any atom is 0.123 e. The van der Waals surface area contributed by atoms with E-state index in [2.05, 4.69) is 69.4 Å². The molecule has 0 saturated heterocycles. The van der Waals surface area contributed by atoms with Crippen LogP contribution in [0.2, 0.25) is 0 Å². The van der Waals surface area contributed by atoms with Gasteiger partial charge in [0.15, 0.2) is 0 Å². The number of hydrogen-bond donors (Lipinski definition) is 1. The molecule has 1 N–H and O–H groups in total. The van der Waals surface area contributed by atoms with Gasteiger partial charge in [-0.25, -0.2) is 0 Å². The van der Waals surface area contributed by atoms with E-state index >= 15 is 0 Å². The van der Waals surface area contributed by atoms with Gasteiger partial charge in [0.1, 0.15) is 5.75 Å².